The van der Waals surface area contributed by atoms with Crippen LogP contribution in [0.2, 0.25) is 0 Å². The van der Waals surface area contributed by atoms with E-state index in [1.807, 2.05) is 0 Å². The third-order valence-corrected chi connectivity index (χ3v) is 1.97. The van der Waals surface area contributed by atoms with Crippen molar-refractivity contribution in [3.05, 3.63) is 29.8 Å². The van der Waals surface area contributed by atoms with E-state index in [1.165, 1.54) is 7.11 Å². The number of nitrogens with two attached hydrogens (primary N) is 1. The van der Waals surface area contributed by atoms with Gasteiger partial charge in [-0.3, -0.25) is 4.18 Å². The Morgan fingerprint density at radius 1 is 1.43 bits per heavy atom. The van der Waals surface area contributed by atoms with Crippen molar-refractivity contribution in [2.75, 3.05) is 7.11 Å². The van der Waals surface area contributed by atoms with E-state index in [4.69, 9.17) is 4.74 Å². The molecule has 0 bridgehead atoms. The summed E-state index contributed by atoms with van der Waals surface area (Å²) in [4.78, 5) is 0. The summed E-state index contributed by atoms with van der Waals surface area (Å²) in [6.07, 6.45) is 0. The second kappa shape index (κ2) is 4.41. The van der Waals surface area contributed by atoms with Crippen molar-refractivity contribution in [1.29, 1.82) is 0 Å². The van der Waals surface area contributed by atoms with E-state index in [0.29, 0.717) is 11.3 Å². The molecule has 0 aliphatic heterocycles. The summed E-state index contributed by atoms with van der Waals surface area (Å²) in [5.41, 5.74) is 0.679. The fourth-order valence-corrected chi connectivity index (χ4v) is 1.21. The molecule has 1 rings (SSSR count). The third kappa shape index (κ3) is 3.73. The van der Waals surface area contributed by atoms with Gasteiger partial charge in [0.25, 0.3) is 0 Å². The van der Waals surface area contributed by atoms with Crippen LogP contribution in [0.1, 0.15) is 5.56 Å². The first-order valence-electron chi connectivity index (χ1n) is 3.81. The van der Waals surface area contributed by atoms with Crippen LogP contribution in [0, 0.1) is 0 Å². The summed E-state index contributed by atoms with van der Waals surface area (Å²) in [5.74, 6) is 0.639. The van der Waals surface area contributed by atoms with E-state index < -0.39 is 10.3 Å². The molecular weight excluding hydrogens is 206 g/mol. The number of hydrogen-bond acceptors (Lipinski definition) is 4. The molecule has 1 aromatic carbocycles. The average molecular weight is 217 g/mol. The molecule has 78 valence electrons. The SMILES string of the molecule is COc1cccc(COS(N)(=O)=O)c1. The molecule has 0 spiro atoms. The van der Waals surface area contributed by atoms with Crippen LogP contribution in [0.4, 0.5) is 0 Å². The van der Waals surface area contributed by atoms with Gasteiger partial charge in [0, 0.05) is 0 Å². The van der Waals surface area contributed by atoms with Crippen molar-refractivity contribution < 1.29 is 17.3 Å². The van der Waals surface area contributed by atoms with Crippen LogP contribution in [-0.2, 0) is 21.1 Å². The summed E-state index contributed by atoms with van der Waals surface area (Å²) >= 11 is 0. The molecule has 0 heterocycles. The van der Waals surface area contributed by atoms with E-state index in [1.54, 1.807) is 24.3 Å². The highest BCUT2D eigenvalue weighted by Crippen LogP contribution is 2.13. The molecule has 0 saturated carbocycles. The van der Waals surface area contributed by atoms with Crippen LogP contribution in [-0.4, -0.2) is 15.5 Å². The fraction of sp³-hybridized carbons (Fsp3) is 0.250. The van der Waals surface area contributed by atoms with Crippen LogP contribution in [0.5, 0.6) is 5.75 Å². The zero-order valence-corrected chi connectivity index (χ0v) is 8.45. The van der Waals surface area contributed by atoms with Gasteiger partial charge in [0.1, 0.15) is 5.75 Å². The highest BCUT2D eigenvalue weighted by molar-refractivity contribution is 7.84. The Morgan fingerprint density at radius 3 is 2.71 bits per heavy atom. The van der Waals surface area contributed by atoms with Gasteiger partial charge in [-0.05, 0) is 17.7 Å². The zero-order valence-electron chi connectivity index (χ0n) is 7.64. The summed E-state index contributed by atoms with van der Waals surface area (Å²) in [7, 11) is -2.36. The Balaban J connectivity index is 2.68. The number of benzene rings is 1. The van der Waals surface area contributed by atoms with Gasteiger partial charge in [-0.25, -0.2) is 5.14 Å². The van der Waals surface area contributed by atoms with Crippen molar-refractivity contribution in [3.8, 4) is 5.75 Å². The molecular formula is C8H11NO4S. The summed E-state index contributed by atoms with van der Waals surface area (Å²) in [6, 6.07) is 6.87. The minimum absolute atomic E-state index is 0.0873. The highest BCUT2D eigenvalue weighted by Gasteiger charge is 2.03. The van der Waals surface area contributed by atoms with Crippen LogP contribution in [0.25, 0.3) is 0 Å². The van der Waals surface area contributed by atoms with Gasteiger partial charge in [0.05, 0.1) is 13.7 Å². The monoisotopic (exact) mass is 217 g/mol. The Morgan fingerprint density at radius 2 is 2.14 bits per heavy atom. The maximum Gasteiger partial charge on any atom is 0.333 e. The Kier molecular flexibility index (Phi) is 3.45. The lowest BCUT2D eigenvalue weighted by Crippen LogP contribution is -2.15. The molecule has 0 fully saturated rings. The van der Waals surface area contributed by atoms with E-state index in [2.05, 4.69) is 9.32 Å². The first kappa shape index (κ1) is 11.0. The summed E-state index contributed by atoms with van der Waals surface area (Å²) < 4.78 is 30.3. The minimum atomic E-state index is -3.88. The van der Waals surface area contributed by atoms with Gasteiger partial charge in [-0.2, -0.15) is 8.42 Å². The largest absolute Gasteiger partial charge is 0.497 e. The molecule has 0 aliphatic rings. The quantitative estimate of drug-likeness (QED) is 0.792. The van der Waals surface area contributed by atoms with Crippen molar-refractivity contribution in [1.82, 2.24) is 0 Å². The topological polar surface area (TPSA) is 78.6 Å². The van der Waals surface area contributed by atoms with E-state index in [9.17, 15) is 8.42 Å². The first-order chi connectivity index (χ1) is 6.51. The van der Waals surface area contributed by atoms with Gasteiger partial charge >= 0.3 is 10.3 Å². The van der Waals surface area contributed by atoms with Crippen molar-refractivity contribution in [2.45, 2.75) is 6.61 Å². The lowest BCUT2D eigenvalue weighted by Gasteiger charge is -2.03. The predicted molar refractivity (Wildman–Crippen MR) is 50.9 cm³/mol. The lowest BCUT2D eigenvalue weighted by molar-refractivity contribution is 0.307. The molecule has 6 heteroatoms. The molecule has 2 N–H and O–H groups in total. The van der Waals surface area contributed by atoms with Gasteiger partial charge in [-0.1, -0.05) is 12.1 Å². The van der Waals surface area contributed by atoms with Crippen LogP contribution >= 0.6 is 0 Å². The van der Waals surface area contributed by atoms with Crippen LogP contribution < -0.4 is 9.88 Å². The zero-order chi connectivity index (χ0) is 10.6. The van der Waals surface area contributed by atoms with Gasteiger partial charge in [-0.15, -0.1) is 0 Å². The molecule has 0 amide bonds. The predicted octanol–water partition coefficient (Wildman–Crippen LogP) is 0.415. The molecule has 0 atom stereocenters. The van der Waals surface area contributed by atoms with E-state index in [-0.39, 0.29) is 6.61 Å². The Bertz CT molecular complexity index is 402. The van der Waals surface area contributed by atoms with Crippen molar-refractivity contribution in [3.63, 3.8) is 0 Å². The Hall–Kier alpha value is -1.11. The molecule has 5 nitrogen and oxygen atoms in total. The second-order valence-corrected chi connectivity index (χ2v) is 3.83. The van der Waals surface area contributed by atoms with E-state index >= 15 is 0 Å². The average Bonchev–Trinajstić information content (AvgIpc) is 2.14. The lowest BCUT2D eigenvalue weighted by atomic mass is 10.2. The maximum atomic E-state index is 10.5. The van der Waals surface area contributed by atoms with Crippen LogP contribution in [0.15, 0.2) is 24.3 Å². The normalized spacial score (nSPS) is 11.3. The molecule has 0 aliphatic carbocycles. The van der Waals surface area contributed by atoms with Gasteiger partial charge < -0.3 is 4.74 Å². The molecule has 1 aromatic rings. The second-order valence-electron chi connectivity index (χ2n) is 2.61. The third-order valence-electron chi connectivity index (χ3n) is 1.52. The Labute approximate surface area is 82.7 Å². The number of ether oxygens (including phenoxy) is 1. The first-order valence-corrected chi connectivity index (χ1v) is 5.28. The van der Waals surface area contributed by atoms with Gasteiger partial charge in [0.2, 0.25) is 0 Å². The standard InChI is InChI=1S/C8H11NO4S/c1-12-8-4-2-3-7(5-8)6-13-14(9,10)11/h2-5H,6H2,1H3,(H2,9,10,11). The molecule has 0 unspecified atom stereocenters. The summed E-state index contributed by atoms with van der Waals surface area (Å²) in [5, 5.41) is 4.67. The smallest absolute Gasteiger partial charge is 0.333 e. The molecule has 0 radical (unpaired) electrons. The van der Waals surface area contributed by atoms with Gasteiger partial charge in [0.15, 0.2) is 0 Å². The number of rotatable bonds is 4. The molecule has 0 aromatic heterocycles. The minimum Gasteiger partial charge on any atom is -0.497 e. The van der Waals surface area contributed by atoms with Crippen molar-refractivity contribution in [2.24, 2.45) is 5.14 Å². The van der Waals surface area contributed by atoms with Crippen molar-refractivity contribution >= 4 is 10.3 Å². The number of hydrogen-bond donors (Lipinski definition) is 1. The fourth-order valence-electron chi connectivity index (χ4n) is 0.912. The molecule has 14 heavy (non-hydrogen) atoms. The molecule has 0 saturated heterocycles. The maximum absolute atomic E-state index is 10.5. The highest BCUT2D eigenvalue weighted by atomic mass is 32.2. The summed E-state index contributed by atoms with van der Waals surface area (Å²) in [6.45, 7) is -0.0873. The van der Waals surface area contributed by atoms with E-state index in [0.717, 1.165) is 0 Å². The van der Waals surface area contributed by atoms with Crippen LogP contribution in [0.3, 0.4) is 0 Å². The number of methoxy groups -OCH3 is 1.